The van der Waals surface area contributed by atoms with E-state index in [-0.39, 0.29) is 30.2 Å². The minimum Gasteiger partial charge on any atom is -0.369 e. The monoisotopic (exact) mass is 375 g/mol. The number of carbonyl (C=O) groups excluding carboxylic acids is 1. The number of halogens is 2. The minimum atomic E-state index is -3.35. The molecule has 11 heteroatoms. The number of aromatic nitrogens is 3. The molecule has 0 radical (unpaired) electrons. The van der Waals surface area contributed by atoms with Gasteiger partial charge in [0.2, 0.25) is 15.9 Å². The molecule has 0 saturated carbocycles. The molecule has 1 aromatic heterocycles. The van der Waals surface area contributed by atoms with E-state index < -0.39 is 21.7 Å². The Kier molecular flexibility index (Phi) is 5.52. The molecule has 0 spiro atoms. The lowest BCUT2D eigenvalue weighted by molar-refractivity contribution is -0.117. The van der Waals surface area contributed by atoms with Gasteiger partial charge in [-0.15, -0.1) is 0 Å². The average Bonchev–Trinajstić information content (AvgIpc) is 2.82. The van der Waals surface area contributed by atoms with E-state index in [2.05, 4.69) is 14.8 Å². The van der Waals surface area contributed by atoms with E-state index in [1.165, 1.54) is 22.9 Å². The molecule has 1 heterocycles. The first-order chi connectivity index (χ1) is 11.2. The molecular weight excluding hydrogens is 361 g/mol. The van der Waals surface area contributed by atoms with Crippen LogP contribution >= 0.6 is 11.6 Å². The molecule has 2 aromatic rings. The molecule has 3 N–H and O–H groups in total. The maximum absolute atomic E-state index is 13.3. The number of benzene rings is 1. The molecule has 0 saturated heterocycles. The molecule has 0 aliphatic carbocycles. The summed E-state index contributed by atoms with van der Waals surface area (Å²) in [6.07, 6.45) is 1.07. The molecular formula is C13H15ClFN5O3S. The molecule has 0 fully saturated rings. The van der Waals surface area contributed by atoms with Crippen LogP contribution in [0.5, 0.6) is 0 Å². The Bertz CT molecular complexity index is 868. The van der Waals surface area contributed by atoms with Crippen molar-refractivity contribution in [1.29, 1.82) is 0 Å². The van der Waals surface area contributed by atoms with Gasteiger partial charge >= 0.3 is 0 Å². The van der Waals surface area contributed by atoms with Crippen LogP contribution in [-0.4, -0.2) is 41.9 Å². The van der Waals surface area contributed by atoms with E-state index in [0.717, 1.165) is 6.26 Å². The Morgan fingerprint density at radius 2 is 2.17 bits per heavy atom. The van der Waals surface area contributed by atoms with Crippen LogP contribution in [0.2, 0.25) is 5.02 Å². The number of hydrogen-bond donors (Lipinski definition) is 2. The predicted molar refractivity (Wildman–Crippen MR) is 85.8 cm³/mol. The summed E-state index contributed by atoms with van der Waals surface area (Å²) in [5.74, 6) is -0.634. The highest BCUT2D eigenvalue weighted by Crippen LogP contribution is 2.19. The van der Waals surface area contributed by atoms with Crippen LogP contribution in [0.3, 0.4) is 0 Å². The van der Waals surface area contributed by atoms with Crippen LogP contribution in [-0.2, 0) is 27.7 Å². The summed E-state index contributed by atoms with van der Waals surface area (Å²) < 4.78 is 39.3. The van der Waals surface area contributed by atoms with Crippen molar-refractivity contribution in [1.82, 2.24) is 19.5 Å². The standard InChI is InChI=1S/C13H15ClFN5O3S/c1-24(22,23)17-5-4-13-18-12(7-11(16)21)19-20(13)8-2-3-10(15)9(14)6-8/h2-3,6,17H,4-5,7H2,1H3,(H2,16,21). The van der Waals surface area contributed by atoms with Crippen LogP contribution in [0, 0.1) is 5.82 Å². The molecule has 2 rings (SSSR count). The van der Waals surface area contributed by atoms with Gasteiger partial charge in [0.25, 0.3) is 0 Å². The van der Waals surface area contributed by atoms with Crippen molar-refractivity contribution in [2.75, 3.05) is 12.8 Å². The lowest BCUT2D eigenvalue weighted by Crippen LogP contribution is -2.25. The van der Waals surface area contributed by atoms with E-state index in [1.807, 2.05) is 0 Å². The zero-order valence-electron chi connectivity index (χ0n) is 12.7. The molecule has 8 nitrogen and oxygen atoms in total. The summed E-state index contributed by atoms with van der Waals surface area (Å²) >= 11 is 5.77. The van der Waals surface area contributed by atoms with Crippen LogP contribution in [0.15, 0.2) is 18.2 Å². The summed E-state index contributed by atoms with van der Waals surface area (Å²) in [4.78, 5) is 15.2. The van der Waals surface area contributed by atoms with E-state index in [0.29, 0.717) is 11.5 Å². The Labute approximate surface area is 142 Å². The number of primary amides is 1. The normalized spacial score (nSPS) is 11.6. The number of nitrogens with one attached hydrogen (secondary N) is 1. The number of hydrogen-bond acceptors (Lipinski definition) is 5. The van der Waals surface area contributed by atoms with Gasteiger partial charge in [0.05, 0.1) is 23.4 Å². The van der Waals surface area contributed by atoms with Crippen molar-refractivity contribution in [2.24, 2.45) is 5.73 Å². The van der Waals surface area contributed by atoms with E-state index in [4.69, 9.17) is 17.3 Å². The maximum Gasteiger partial charge on any atom is 0.225 e. The number of nitrogens with two attached hydrogens (primary N) is 1. The third-order valence-electron chi connectivity index (χ3n) is 2.91. The second-order valence-electron chi connectivity index (χ2n) is 5.01. The van der Waals surface area contributed by atoms with Crippen molar-refractivity contribution in [3.8, 4) is 5.69 Å². The smallest absolute Gasteiger partial charge is 0.225 e. The molecule has 24 heavy (non-hydrogen) atoms. The molecule has 130 valence electrons. The first kappa shape index (κ1) is 18.3. The fourth-order valence-electron chi connectivity index (χ4n) is 1.96. The number of sulfonamides is 1. The Morgan fingerprint density at radius 1 is 1.46 bits per heavy atom. The van der Waals surface area contributed by atoms with Crippen LogP contribution in [0.1, 0.15) is 11.6 Å². The van der Waals surface area contributed by atoms with Crippen molar-refractivity contribution in [3.63, 3.8) is 0 Å². The average molecular weight is 376 g/mol. The van der Waals surface area contributed by atoms with Gasteiger partial charge in [-0.05, 0) is 18.2 Å². The molecule has 1 amide bonds. The maximum atomic E-state index is 13.3. The largest absolute Gasteiger partial charge is 0.369 e. The Hall–Kier alpha value is -2.04. The summed E-state index contributed by atoms with van der Waals surface area (Å²) in [5, 5.41) is 4.06. The lowest BCUT2D eigenvalue weighted by atomic mass is 10.3. The van der Waals surface area contributed by atoms with Crippen LogP contribution in [0.25, 0.3) is 5.69 Å². The quantitative estimate of drug-likeness (QED) is 0.715. The van der Waals surface area contributed by atoms with Crippen molar-refractivity contribution in [3.05, 3.63) is 40.7 Å². The van der Waals surface area contributed by atoms with E-state index >= 15 is 0 Å². The topological polar surface area (TPSA) is 120 Å². The number of nitrogens with zero attached hydrogens (tertiary/aromatic N) is 3. The number of rotatable bonds is 7. The SMILES string of the molecule is CS(=O)(=O)NCCc1nc(CC(N)=O)nn1-c1ccc(F)c(Cl)c1. The second-order valence-corrected chi connectivity index (χ2v) is 7.25. The molecule has 0 aliphatic rings. The summed E-state index contributed by atoms with van der Waals surface area (Å²) in [6, 6.07) is 3.97. The van der Waals surface area contributed by atoms with Crippen molar-refractivity contribution >= 4 is 27.5 Å². The second kappa shape index (κ2) is 7.24. The fourth-order valence-corrected chi connectivity index (χ4v) is 2.60. The van der Waals surface area contributed by atoms with Gasteiger partial charge in [0.15, 0.2) is 5.82 Å². The third-order valence-corrected chi connectivity index (χ3v) is 3.93. The first-order valence-electron chi connectivity index (χ1n) is 6.79. The molecule has 0 unspecified atom stereocenters. The first-order valence-corrected chi connectivity index (χ1v) is 9.06. The third kappa shape index (κ3) is 4.98. The van der Waals surface area contributed by atoms with Gasteiger partial charge < -0.3 is 5.73 Å². The number of amides is 1. The van der Waals surface area contributed by atoms with Gasteiger partial charge in [-0.1, -0.05) is 11.6 Å². The summed E-state index contributed by atoms with van der Waals surface area (Å²) in [7, 11) is -3.35. The van der Waals surface area contributed by atoms with Gasteiger partial charge in [0, 0.05) is 13.0 Å². The highest BCUT2D eigenvalue weighted by Gasteiger charge is 2.15. The van der Waals surface area contributed by atoms with Gasteiger partial charge in [0.1, 0.15) is 11.6 Å². The lowest BCUT2D eigenvalue weighted by Gasteiger charge is -2.07. The van der Waals surface area contributed by atoms with Gasteiger partial charge in [-0.3, -0.25) is 4.79 Å². The molecule has 0 bridgehead atoms. The molecule has 0 aliphatic heterocycles. The minimum absolute atomic E-state index is 0.0858. The zero-order valence-corrected chi connectivity index (χ0v) is 14.2. The Balaban J connectivity index is 2.34. The highest BCUT2D eigenvalue weighted by molar-refractivity contribution is 7.88. The summed E-state index contributed by atoms with van der Waals surface area (Å²) in [5.41, 5.74) is 5.56. The van der Waals surface area contributed by atoms with Crippen LogP contribution in [0.4, 0.5) is 4.39 Å². The highest BCUT2D eigenvalue weighted by atomic mass is 35.5. The van der Waals surface area contributed by atoms with Crippen molar-refractivity contribution < 1.29 is 17.6 Å². The van der Waals surface area contributed by atoms with Gasteiger partial charge in [-0.2, -0.15) is 5.10 Å². The fraction of sp³-hybridized carbons (Fsp3) is 0.308. The van der Waals surface area contributed by atoms with E-state index in [9.17, 15) is 17.6 Å². The van der Waals surface area contributed by atoms with E-state index in [1.54, 1.807) is 0 Å². The van der Waals surface area contributed by atoms with Crippen molar-refractivity contribution in [2.45, 2.75) is 12.8 Å². The summed E-state index contributed by atoms with van der Waals surface area (Å²) in [6.45, 7) is 0.0858. The molecule has 1 aromatic carbocycles. The van der Waals surface area contributed by atoms with Gasteiger partial charge in [-0.25, -0.2) is 27.2 Å². The predicted octanol–water partition coefficient (Wildman–Crippen LogP) is 0.179. The Morgan fingerprint density at radius 3 is 2.75 bits per heavy atom. The zero-order chi connectivity index (χ0) is 17.9. The molecule has 0 atom stereocenters. The van der Waals surface area contributed by atoms with Crippen LogP contribution < -0.4 is 10.5 Å². The number of carbonyl (C=O) groups is 1.